The van der Waals surface area contributed by atoms with Gasteiger partial charge in [-0.05, 0) is 47.2 Å². The highest BCUT2D eigenvalue weighted by Crippen LogP contribution is 2.15. The predicted molar refractivity (Wildman–Crippen MR) is 60.6 cm³/mol. The zero-order valence-corrected chi connectivity index (χ0v) is 9.69. The van der Waals surface area contributed by atoms with E-state index < -0.39 is 6.10 Å². The van der Waals surface area contributed by atoms with Gasteiger partial charge in [0, 0.05) is 10.2 Å². The van der Waals surface area contributed by atoms with Gasteiger partial charge in [0.05, 0.1) is 6.61 Å². The van der Waals surface area contributed by atoms with E-state index in [2.05, 4.69) is 22.6 Å². The van der Waals surface area contributed by atoms with Gasteiger partial charge in [0.1, 0.15) is 6.10 Å². The molecule has 3 heteroatoms. The Balaban J connectivity index is 2.60. The van der Waals surface area contributed by atoms with Crippen molar-refractivity contribution in [2.24, 2.45) is 0 Å². The molecule has 0 amide bonds. The fraction of sp³-hybridized carbons (Fsp3) is 0.400. The molecule has 0 aliphatic heterocycles. The van der Waals surface area contributed by atoms with Crippen LogP contribution in [0.5, 0.6) is 0 Å². The number of aliphatic hydroxyl groups is 1. The van der Waals surface area contributed by atoms with Crippen LogP contribution in [0.2, 0.25) is 0 Å². The molecule has 1 atom stereocenters. The summed E-state index contributed by atoms with van der Waals surface area (Å²) in [7, 11) is 0. The lowest BCUT2D eigenvalue weighted by atomic mass is 10.1. The van der Waals surface area contributed by atoms with Gasteiger partial charge in [-0.1, -0.05) is 12.1 Å². The van der Waals surface area contributed by atoms with E-state index in [1.165, 1.54) is 0 Å². The first-order valence-corrected chi connectivity index (χ1v) is 5.33. The summed E-state index contributed by atoms with van der Waals surface area (Å²) in [5, 5.41) is 9.65. The normalized spacial score (nSPS) is 12.8. The van der Waals surface area contributed by atoms with Crippen LogP contribution in [0.3, 0.4) is 0 Å². The molecule has 1 rings (SSSR count). The third-order valence-electron chi connectivity index (χ3n) is 1.71. The number of aliphatic hydroxyl groups excluding tert-OH is 1. The molecule has 1 aromatic rings. The van der Waals surface area contributed by atoms with E-state index in [-0.39, 0.29) is 0 Å². The highest BCUT2D eigenvalue weighted by Gasteiger charge is 2.06. The van der Waals surface area contributed by atoms with Crippen LogP contribution in [-0.4, -0.2) is 18.3 Å². The zero-order chi connectivity index (χ0) is 9.68. The summed E-state index contributed by atoms with van der Waals surface area (Å²) in [5.74, 6) is 0. The molecule has 0 radical (unpaired) electrons. The van der Waals surface area contributed by atoms with Crippen LogP contribution in [0.25, 0.3) is 0 Å². The van der Waals surface area contributed by atoms with Crippen molar-refractivity contribution in [3.05, 3.63) is 33.4 Å². The molecule has 0 fully saturated rings. The smallest absolute Gasteiger partial charge is 0.102 e. The minimum Gasteiger partial charge on any atom is -0.386 e. The van der Waals surface area contributed by atoms with Gasteiger partial charge in [0.25, 0.3) is 0 Å². The fourth-order valence-corrected chi connectivity index (χ4v) is 1.61. The maximum Gasteiger partial charge on any atom is 0.102 e. The SMILES string of the molecule is CCOCC(O)c1cccc(I)c1. The topological polar surface area (TPSA) is 29.5 Å². The van der Waals surface area contributed by atoms with Gasteiger partial charge in [0.15, 0.2) is 0 Å². The van der Waals surface area contributed by atoms with E-state index >= 15 is 0 Å². The van der Waals surface area contributed by atoms with Gasteiger partial charge in [-0.25, -0.2) is 0 Å². The highest BCUT2D eigenvalue weighted by atomic mass is 127. The van der Waals surface area contributed by atoms with Gasteiger partial charge < -0.3 is 9.84 Å². The number of ether oxygens (including phenoxy) is 1. The minimum atomic E-state index is -0.505. The van der Waals surface area contributed by atoms with Crippen LogP contribution >= 0.6 is 22.6 Å². The van der Waals surface area contributed by atoms with Gasteiger partial charge in [-0.15, -0.1) is 0 Å². The Kier molecular flexibility index (Phi) is 4.69. The molecular weight excluding hydrogens is 279 g/mol. The molecule has 1 unspecified atom stereocenters. The second kappa shape index (κ2) is 5.57. The lowest BCUT2D eigenvalue weighted by molar-refractivity contribution is 0.0420. The van der Waals surface area contributed by atoms with E-state index in [9.17, 15) is 5.11 Å². The van der Waals surface area contributed by atoms with Crippen molar-refractivity contribution in [1.29, 1.82) is 0 Å². The summed E-state index contributed by atoms with van der Waals surface area (Å²) < 4.78 is 6.27. The minimum absolute atomic E-state index is 0.372. The molecule has 72 valence electrons. The molecule has 0 aliphatic rings. The maximum atomic E-state index is 9.65. The van der Waals surface area contributed by atoms with Gasteiger partial charge >= 0.3 is 0 Å². The Hall–Kier alpha value is -0.130. The van der Waals surface area contributed by atoms with E-state index in [0.29, 0.717) is 13.2 Å². The Bertz CT molecular complexity index is 263. The number of hydrogen-bond donors (Lipinski definition) is 1. The summed E-state index contributed by atoms with van der Waals surface area (Å²) in [6.45, 7) is 2.93. The van der Waals surface area contributed by atoms with Crippen LogP contribution in [0.1, 0.15) is 18.6 Å². The van der Waals surface area contributed by atoms with Crippen molar-refractivity contribution in [3.63, 3.8) is 0 Å². The summed E-state index contributed by atoms with van der Waals surface area (Å²) in [5.41, 5.74) is 0.917. The standard InChI is InChI=1S/C10H13IO2/c1-2-13-7-10(12)8-4-3-5-9(11)6-8/h3-6,10,12H,2,7H2,1H3. The van der Waals surface area contributed by atoms with Crippen molar-refractivity contribution in [2.75, 3.05) is 13.2 Å². The molecule has 0 heterocycles. The molecule has 0 saturated heterocycles. The molecule has 0 bridgehead atoms. The summed E-state index contributed by atoms with van der Waals surface area (Å²) in [6, 6.07) is 7.81. The molecule has 2 nitrogen and oxygen atoms in total. The van der Waals surface area contributed by atoms with E-state index in [0.717, 1.165) is 9.13 Å². The summed E-state index contributed by atoms with van der Waals surface area (Å²) in [4.78, 5) is 0. The summed E-state index contributed by atoms with van der Waals surface area (Å²) in [6.07, 6.45) is -0.505. The molecule has 13 heavy (non-hydrogen) atoms. The van der Waals surface area contributed by atoms with Crippen LogP contribution in [0, 0.1) is 3.57 Å². The molecule has 0 aliphatic carbocycles. The first-order chi connectivity index (χ1) is 6.24. The average Bonchev–Trinajstić information content (AvgIpc) is 2.14. The molecule has 0 aromatic heterocycles. The van der Waals surface area contributed by atoms with Crippen molar-refractivity contribution >= 4 is 22.6 Å². The van der Waals surface area contributed by atoms with E-state index in [4.69, 9.17) is 4.74 Å². The highest BCUT2D eigenvalue weighted by molar-refractivity contribution is 14.1. The second-order valence-electron chi connectivity index (χ2n) is 2.73. The van der Waals surface area contributed by atoms with Gasteiger partial charge in [-0.2, -0.15) is 0 Å². The predicted octanol–water partition coefficient (Wildman–Crippen LogP) is 2.36. The van der Waals surface area contributed by atoms with Crippen LogP contribution in [0.15, 0.2) is 24.3 Å². The molecule has 1 N–H and O–H groups in total. The van der Waals surface area contributed by atoms with Crippen molar-refractivity contribution < 1.29 is 9.84 Å². The largest absolute Gasteiger partial charge is 0.386 e. The third-order valence-corrected chi connectivity index (χ3v) is 2.38. The molecular formula is C10H13IO2. The summed E-state index contributed by atoms with van der Waals surface area (Å²) >= 11 is 2.22. The molecule has 0 saturated carbocycles. The molecule has 1 aromatic carbocycles. The van der Waals surface area contributed by atoms with Crippen molar-refractivity contribution in [3.8, 4) is 0 Å². The zero-order valence-electron chi connectivity index (χ0n) is 7.53. The number of benzene rings is 1. The lowest BCUT2D eigenvalue weighted by Gasteiger charge is -2.10. The first kappa shape index (κ1) is 10.9. The van der Waals surface area contributed by atoms with Gasteiger partial charge in [-0.3, -0.25) is 0 Å². The van der Waals surface area contributed by atoms with Gasteiger partial charge in [0.2, 0.25) is 0 Å². The first-order valence-electron chi connectivity index (χ1n) is 4.25. The maximum absolute atomic E-state index is 9.65. The van der Waals surface area contributed by atoms with Crippen LogP contribution in [-0.2, 0) is 4.74 Å². The Labute approximate surface area is 92.1 Å². The van der Waals surface area contributed by atoms with Crippen LogP contribution < -0.4 is 0 Å². The van der Waals surface area contributed by atoms with E-state index in [1.54, 1.807) is 0 Å². The van der Waals surface area contributed by atoms with Crippen LogP contribution in [0.4, 0.5) is 0 Å². The lowest BCUT2D eigenvalue weighted by Crippen LogP contribution is -2.06. The fourth-order valence-electron chi connectivity index (χ4n) is 1.04. The number of hydrogen-bond acceptors (Lipinski definition) is 2. The Morgan fingerprint density at radius 1 is 1.54 bits per heavy atom. The number of rotatable bonds is 4. The molecule has 0 spiro atoms. The third kappa shape index (κ3) is 3.62. The van der Waals surface area contributed by atoms with Crippen molar-refractivity contribution in [2.45, 2.75) is 13.0 Å². The monoisotopic (exact) mass is 292 g/mol. The Morgan fingerprint density at radius 3 is 2.92 bits per heavy atom. The quantitative estimate of drug-likeness (QED) is 0.863. The average molecular weight is 292 g/mol. The Morgan fingerprint density at radius 2 is 2.31 bits per heavy atom. The second-order valence-corrected chi connectivity index (χ2v) is 3.98. The van der Waals surface area contributed by atoms with Crippen molar-refractivity contribution in [1.82, 2.24) is 0 Å². The number of halogens is 1. The van der Waals surface area contributed by atoms with E-state index in [1.807, 2.05) is 31.2 Å².